The Morgan fingerprint density at radius 1 is 1.12 bits per heavy atom. The molecular weight excluding hydrogens is 298 g/mol. The topological polar surface area (TPSA) is 29.5 Å². The van der Waals surface area contributed by atoms with E-state index >= 15 is 0 Å². The van der Waals surface area contributed by atoms with E-state index in [2.05, 4.69) is 24.3 Å². The van der Waals surface area contributed by atoms with Gasteiger partial charge in [-0.3, -0.25) is 4.79 Å². The second kappa shape index (κ2) is 7.08. The third kappa shape index (κ3) is 3.61. The quantitative estimate of drug-likeness (QED) is 0.849. The summed E-state index contributed by atoms with van der Waals surface area (Å²) in [5.41, 5.74) is 4.90. The normalized spacial score (nSPS) is 14.9. The first kappa shape index (κ1) is 16.6. The van der Waals surface area contributed by atoms with Crippen molar-refractivity contribution >= 4 is 5.91 Å². The summed E-state index contributed by atoms with van der Waals surface area (Å²) in [5.74, 6) is 0.872. The lowest BCUT2D eigenvalue weighted by Gasteiger charge is -2.31. The van der Waals surface area contributed by atoms with Crippen molar-refractivity contribution in [3.8, 4) is 5.75 Å². The summed E-state index contributed by atoms with van der Waals surface area (Å²) in [6.45, 7) is 7.54. The largest absolute Gasteiger partial charge is 0.481 e. The molecule has 0 saturated heterocycles. The minimum absolute atomic E-state index is 0.0890. The van der Waals surface area contributed by atoms with Gasteiger partial charge in [0.1, 0.15) is 5.75 Å². The van der Waals surface area contributed by atoms with Crippen LogP contribution in [0.5, 0.6) is 5.75 Å². The van der Waals surface area contributed by atoms with Gasteiger partial charge in [-0.1, -0.05) is 37.3 Å². The van der Waals surface area contributed by atoms with Crippen LogP contribution in [0.3, 0.4) is 0 Å². The van der Waals surface area contributed by atoms with Crippen molar-refractivity contribution in [3.63, 3.8) is 0 Å². The highest BCUT2D eigenvalue weighted by atomic mass is 16.5. The van der Waals surface area contributed by atoms with Gasteiger partial charge in [0.05, 0.1) is 0 Å². The second-order valence-corrected chi connectivity index (χ2v) is 6.62. The Labute approximate surface area is 144 Å². The fourth-order valence-corrected chi connectivity index (χ4v) is 3.36. The zero-order chi connectivity index (χ0) is 17.1. The Morgan fingerprint density at radius 3 is 2.46 bits per heavy atom. The number of carbonyl (C=O) groups is 1. The third-order valence-corrected chi connectivity index (χ3v) is 4.56. The number of carbonyl (C=O) groups excluding carboxylic acids is 1. The van der Waals surface area contributed by atoms with Gasteiger partial charge in [-0.2, -0.15) is 0 Å². The zero-order valence-electron chi connectivity index (χ0n) is 14.7. The number of amides is 1. The highest BCUT2D eigenvalue weighted by Gasteiger charge is 2.27. The van der Waals surface area contributed by atoms with Crippen LogP contribution in [0.25, 0.3) is 0 Å². The van der Waals surface area contributed by atoms with Crippen LogP contribution in [-0.4, -0.2) is 23.5 Å². The minimum atomic E-state index is -0.420. The fraction of sp³-hybridized carbons (Fsp3) is 0.381. The van der Waals surface area contributed by atoms with Gasteiger partial charge in [-0.05, 0) is 61.1 Å². The van der Waals surface area contributed by atoms with E-state index in [0.717, 1.165) is 29.8 Å². The summed E-state index contributed by atoms with van der Waals surface area (Å²) in [6, 6.07) is 14.5. The summed E-state index contributed by atoms with van der Waals surface area (Å²) in [7, 11) is 0. The third-order valence-electron chi connectivity index (χ3n) is 4.56. The molecule has 0 saturated carbocycles. The molecule has 1 aliphatic heterocycles. The van der Waals surface area contributed by atoms with Crippen LogP contribution in [0, 0.1) is 13.8 Å². The molecule has 1 atom stereocenters. The van der Waals surface area contributed by atoms with E-state index in [1.54, 1.807) is 0 Å². The van der Waals surface area contributed by atoms with Crippen LogP contribution in [0.2, 0.25) is 0 Å². The lowest BCUT2D eigenvalue weighted by molar-refractivity contribution is -0.139. The number of ether oxygens (including phenoxy) is 1. The Balaban J connectivity index is 1.73. The molecule has 0 aromatic heterocycles. The van der Waals surface area contributed by atoms with Gasteiger partial charge < -0.3 is 9.64 Å². The zero-order valence-corrected chi connectivity index (χ0v) is 14.7. The molecule has 3 heteroatoms. The van der Waals surface area contributed by atoms with Crippen LogP contribution in [-0.2, 0) is 17.8 Å². The van der Waals surface area contributed by atoms with Gasteiger partial charge in [0.25, 0.3) is 5.91 Å². The lowest BCUT2D eigenvalue weighted by atomic mass is 9.99. The maximum Gasteiger partial charge on any atom is 0.263 e. The van der Waals surface area contributed by atoms with E-state index in [0.29, 0.717) is 13.0 Å². The average molecular weight is 323 g/mol. The lowest BCUT2D eigenvalue weighted by Crippen LogP contribution is -2.44. The van der Waals surface area contributed by atoms with Crippen LogP contribution < -0.4 is 4.74 Å². The highest BCUT2D eigenvalue weighted by molar-refractivity contribution is 5.81. The SMILES string of the molecule is CCC(Oc1cc(C)cc(C)c1)C(=O)N1CCc2ccccc2C1. The number of aryl methyl sites for hydroxylation is 2. The van der Waals surface area contributed by atoms with Crippen molar-refractivity contribution in [1.82, 2.24) is 4.90 Å². The number of rotatable bonds is 4. The van der Waals surface area contributed by atoms with Crippen LogP contribution in [0.15, 0.2) is 42.5 Å². The number of benzene rings is 2. The molecule has 2 aromatic carbocycles. The Morgan fingerprint density at radius 2 is 1.79 bits per heavy atom. The highest BCUT2D eigenvalue weighted by Crippen LogP contribution is 2.22. The molecule has 3 rings (SSSR count). The van der Waals surface area contributed by atoms with Crippen molar-refractivity contribution in [2.45, 2.75) is 46.3 Å². The molecular formula is C21H25NO2. The smallest absolute Gasteiger partial charge is 0.263 e. The van der Waals surface area contributed by atoms with Crippen molar-refractivity contribution in [3.05, 3.63) is 64.7 Å². The van der Waals surface area contributed by atoms with Gasteiger partial charge in [0, 0.05) is 13.1 Å². The van der Waals surface area contributed by atoms with E-state index in [9.17, 15) is 4.79 Å². The summed E-state index contributed by atoms with van der Waals surface area (Å²) in [4.78, 5) is 14.8. The molecule has 3 nitrogen and oxygen atoms in total. The average Bonchev–Trinajstić information content (AvgIpc) is 2.58. The first-order valence-corrected chi connectivity index (χ1v) is 8.67. The molecule has 0 fully saturated rings. The fourth-order valence-electron chi connectivity index (χ4n) is 3.36. The molecule has 0 aliphatic carbocycles. The first-order chi connectivity index (χ1) is 11.6. The molecule has 1 heterocycles. The van der Waals surface area contributed by atoms with Gasteiger partial charge in [-0.15, -0.1) is 0 Å². The number of hydrogen-bond acceptors (Lipinski definition) is 2. The van der Waals surface area contributed by atoms with Crippen molar-refractivity contribution < 1.29 is 9.53 Å². The monoisotopic (exact) mass is 323 g/mol. The van der Waals surface area contributed by atoms with Gasteiger partial charge in [0.2, 0.25) is 0 Å². The molecule has 1 unspecified atom stereocenters. The summed E-state index contributed by atoms with van der Waals surface area (Å²) >= 11 is 0. The molecule has 0 N–H and O–H groups in total. The molecule has 1 amide bonds. The maximum atomic E-state index is 12.9. The molecule has 0 spiro atoms. The predicted molar refractivity (Wildman–Crippen MR) is 96.2 cm³/mol. The van der Waals surface area contributed by atoms with Crippen molar-refractivity contribution in [1.29, 1.82) is 0 Å². The minimum Gasteiger partial charge on any atom is -0.481 e. The number of fused-ring (bicyclic) bond motifs is 1. The van der Waals surface area contributed by atoms with E-state index in [-0.39, 0.29) is 5.91 Å². The Hall–Kier alpha value is -2.29. The van der Waals surface area contributed by atoms with E-state index < -0.39 is 6.10 Å². The molecule has 0 bridgehead atoms. The standard InChI is InChI=1S/C21H25NO2/c1-4-20(24-19-12-15(2)11-16(3)13-19)21(23)22-10-9-17-7-5-6-8-18(17)14-22/h5-8,11-13,20H,4,9-10,14H2,1-3H3. The second-order valence-electron chi connectivity index (χ2n) is 6.62. The van der Waals surface area contributed by atoms with Crippen LogP contribution in [0.4, 0.5) is 0 Å². The van der Waals surface area contributed by atoms with E-state index in [1.165, 1.54) is 11.1 Å². The maximum absolute atomic E-state index is 12.9. The van der Waals surface area contributed by atoms with Gasteiger partial charge in [-0.25, -0.2) is 0 Å². The molecule has 24 heavy (non-hydrogen) atoms. The van der Waals surface area contributed by atoms with E-state index in [1.807, 2.05) is 43.9 Å². The summed E-state index contributed by atoms with van der Waals surface area (Å²) in [6.07, 6.45) is 1.17. The summed E-state index contributed by atoms with van der Waals surface area (Å²) in [5, 5.41) is 0. The van der Waals surface area contributed by atoms with E-state index in [4.69, 9.17) is 4.74 Å². The van der Waals surface area contributed by atoms with Crippen molar-refractivity contribution in [2.24, 2.45) is 0 Å². The first-order valence-electron chi connectivity index (χ1n) is 8.67. The van der Waals surface area contributed by atoms with Gasteiger partial charge >= 0.3 is 0 Å². The van der Waals surface area contributed by atoms with Gasteiger partial charge in [0.15, 0.2) is 6.10 Å². The number of nitrogens with zero attached hydrogens (tertiary/aromatic N) is 1. The Bertz CT molecular complexity index is 718. The van der Waals surface area contributed by atoms with Crippen LogP contribution in [0.1, 0.15) is 35.6 Å². The molecule has 2 aromatic rings. The predicted octanol–water partition coefficient (Wildman–Crippen LogP) is 4.05. The molecule has 1 aliphatic rings. The molecule has 126 valence electrons. The number of hydrogen-bond donors (Lipinski definition) is 0. The Kier molecular flexibility index (Phi) is 4.89. The molecule has 0 radical (unpaired) electrons. The summed E-state index contributed by atoms with van der Waals surface area (Å²) < 4.78 is 6.04. The van der Waals surface area contributed by atoms with Crippen LogP contribution >= 0.6 is 0 Å². The van der Waals surface area contributed by atoms with Crippen molar-refractivity contribution in [2.75, 3.05) is 6.54 Å².